The van der Waals surface area contributed by atoms with Crippen LogP contribution in [0, 0.1) is 11.8 Å². The van der Waals surface area contributed by atoms with Crippen molar-refractivity contribution in [2.24, 2.45) is 11.8 Å². The fraction of sp³-hybridized carbons (Fsp3) is 0.545. The van der Waals surface area contributed by atoms with E-state index in [9.17, 15) is 13.2 Å². The second kappa shape index (κ2) is 10.0. The first-order valence-corrected chi connectivity index (χ1v) is 12.2. The Hall–Kier alpha value is -2.43. The van der Waals surface area contributed by atoms with Crippen molar-refractivity contribution >= 4 is 21.6 Å². The zero-order chi connectivity index (χ0) is 23.5. The van der Waals surface area contributed by atoms with Gasteiger partial charge in [0.05, 0.1) is 25.5 Å². The van der Waals surface area contributed by atoms with Crippen LogP contribution in [0.4, 0.5) is 5.69 Å². The van der Waals surface area contributed by atoms with Crippen LogP contribution in [0.1, 0.15) is 30.6 Å². The summed E-state index contributed by atoms with van der Waals surface area (Å²) in [6.07, 6.45) is 4.32. The molecule has 1 aromatic carbocycles. The van der Waals surface area contributed by atoms with Crippen LogP contribution in [0.25, 0.3) is 0 Å². The molecule has 1 fully saturated rings. The molecule has 1 N–H and O–H groups in total. The third-order valence-corrected chi connectivity index (χ3v) is 7.40. The van der Waals surface area contributed by atoms with Gasteiger partial charge < -0.3 is 15.0 Å². The Kier molecular flexibility index (Phi) is 7.58. The molecule has 0 bridgehead atoms. The summed E-state index contributed by atoms with van der Waals surface area (Å²) in [6.45, 7) is 6.54. The minimum absolute atomic E-state index is 0.00984. The van der Waals surface area contributed by atoms with Gasteiger partial charge in [-0.05, 0) is 50.6 Å². The van der Waals surface area contributed by atoms with Gasteiger partial charge in [-0.3, -0.25) is 9.48 Å². The Bertz CT molecular complexity index is 1040. The fourth-order valence-electron chi connectivity index (χ4n) is 4.02. The second-order valence-corrected chi connectivity index (χ2v) is 10.8. The number of nitrogens with one attached hydrogen (secondary N) is 1. The van der Waals surface area contributed by atoms with Crippen molar-refractivity contribution in [3.8, 4) is 5.75 Å². The molecular formula is C22H33N5O4S. The molecule has 0 radical (unpaired) electrons. The first kappa shape index (κ1) is 24.2. The van der Waals surface area contributed by atoms with Crippen LogP contribution in [-0.2, 0) is 16.6 Å². The van der Waals surface area contributed by atoms with Crippen molar-refractivity contribution < 1.29 is 17.9 Å². The number of anilines is 1. The highest BCUT2D eigenvalue weighted by atomic mass is 32.2. The molecule has 1 aliphatic rings. The molecule has 2 unspecified atom stereocenters. The van der Waals surface area contributed by atoms with Crippen molar-refractivity contribution in [1.29, 1.82) is 0 Å². The SMILES string of the molecule is COc1ccc(C(=O)Nc2cnn(CCN(C)C)c2)cc1S(=O)(=O)N1CC(C)CC(C)C1. The number of sulfonamides is 1. The summed E-state index contributed by atoms with van der Waals surface area (Å²) in [5, 5.41) is 7.04. The number of hydrogen-bond acceptors (Lipinski definition) is 6. The van der Waals surface area contributed by atoms with Gasteiger partial charge in [0.1, 0.15) is 10.6 Å². The maximum Gasteiger partial charge on any atom is 0.255 e. The smallest absolute Gasteiger partial charge is 0.255 e. The van der Waals surface area contributed by atoms with E-state index in [1.54, 1.807) is 23.1 Å². The Morgan fingerprint density at radius 3 is 2.56 bits per heavy atom. The van der Waals surface area contributed by atoms with Crippen LogP contribution in [0.3, 0.4) is 0 Å². The molecule has 0 saturated carbocycles. The first-order valence-electron chi connectivity index (χ1n) is 10.8. The van der Waals surface area contributed by atoms with E-state index in [1.165, 1.54) is 23.5 Å². The third kappa shape index (κ3) is 5.67. The van der Waals surface area contributed by atoms with Gasteiger partial charge >= 0.3 is 0 Å². The standard InChI is InChI=1S/C22H33N5O4S/c1-16-10-17(2)14-27(13-16)32(29,30)21-11-18(6-7-20(21)31-5)22(28)24-19-12-23-26(15-19)9-8-25(3)4/h6-7,11-12,15-17H,8-10,13-14H2,1-5H3,(H,24,28). The van der Waals surface area contributed by atoms with Crippen LogP contribution in [0.15, 0.2) is 35.5 Å². The number of carbonyl (C=O) groups is 1. The first-order chi connectivity index (χ1) is 15.1. The van der Waals surface area contributed by atoms with Crippen LogP contribution < -0.4 is 10.1 Å². The Morgan fingerprint density at radius 2 is 1.94 bits per heavy atom. The van der Waals surface area contributed by atoms with Crippen molar-refractivity contribution in [3.63, 3.8) is 0 Å². The number of likely N-dealkylation sites (N-methyl/N-ethyl adjacent to an activating group) is 1. The predicted octanol–water partition coefficient (Wildman–Crippen LogP) is 2.37. The molecule has 176 valence electrons. The van der Waals surface area contributed by atoms with E-state index in [0.717, 1.165) is 13.0 Å². The largest absolute Gasteiger partial charge is 0.495 e. The van der Waals surface area contributed by atoms with Gasteiger partial charge in [-0.2, -0.15) is 9.40 Å². The van der Waals surface area contributed by atoms with Gasteiger partial charge in [0, 0.05) is 31.4 Å². The average Bonchev–Trinajstić information content (AvgIpc) is 3.18. The van der Waals surface area contributed by atoms with Crippen molar-refractivity contribution in [2.75, 3.05) is 46.2 Å². The average molecular weight is 464 g/mol. The van der Waals surface area contributed by atoms with Crippen LogP contribution in [0.5, 0.6) is 5.75 Å². The summed E-state index contributed by atoms with van der Waals surface area (Å²) < 4.78 is 35.4. The third-order valence-electron chi connectivity index (χ3n) is 5.55. The van der Waals surface area contributed by atoms with E-state index < -0.39 is 15.9 Å². The Balaban J connectivity index is 1.82. The van der Waals surface area contributed by atoms with E-state index in [0.29, 0.717) is 25.3 Å². The minimum atomic E-state index is -3.80. The number of ether oxygens (including phenoxy) is 1. The van der Waals surface area contributed by atoms with Gasteiger partial charge in [0.15, 0.2) is 0 Å². The summed E-state index contributed by atoms with van der Waals surface area (Å²) in [5.41, 5.74) is 0.788. The molecule has 1 aromatic heterocycles. The molecule has 9 nitrogen and oxygen atoms in total. The van der Waals surface area contributed by atoms with Gasteiger partial charge in [-0.25, -0.2) is 8.42 Å². The predicted molar refractivity (Wildman–Crippen MR) is 123 cm³/mol. The topological polar surface area (TPSA) is 96.8 Å². The van der Waals surface area contributed by atoms with Crippen LogP contribution in [-0.4, -0.2) is 74.1 Å². The number of methoxy groups -OCH3 is 1. The van der Waals surface area contributed by atoms with Gasteiger partial charge in [0.25, 0.3) is 5.91 Å². The molecule has 2 atom stereocenters. The maximum absolute atomic E-state index is 13.4. The molecule has 32 heavy (non-hydrogen) atoms. The maximum atomic E-state index is 13.4. The molecule has 2 heterocycles. The summed E-state index contributed by atoms with van der Waals surface area (Å²) in [6, 6.07) is 4.48. The number of amides is 1. The normalized spacial score (nSPS) is 19.8. The van der Waals surface area contributed by atoms with E-state index in [2.05, 4.69) is 24.3 Å². The highest BCUT2D eigenvalue weighted by Gasteiger charge is 2.34. The monoisotopic (exact) mass is 463 g/mol. The number of carbonyl (C=O) groups excluding carboxylic acids is 1. The quantitative estimate of drug-likeness (QED) is 0.646. The molecule has 1 amide bonds. The number of rotatable bonds is 8. The molecule has 1 aliphatic heterocycles. The molecule has 0 aliphatic carbocycles. The Labute approximate surface area is 190 Å². The zero-order valence-electron chi connectivity index (χ0n) is 19.4. The van der Waals surface area contributed by atoms with E-state index >= 15 is 0 Å². The number of nitrogens with zero attached hydrogens (tertiary/aromatic N) is 4. The fourth-order valence-corrected chi connectivity index (χ4v) is 5.88. The Morgan fingerprint density at radius 1 is 1.25 bits per heavy atom. The molecule has 1 saturated heterocycles. The molecule has 10 heteroatoms. The van der Waals surface area contributed by atoms with Crippen molar-refractivity contribution in [1.82, 2.24) is 19.0 Å². The number of hydrogen-bond donors (Lipinski definition) is 1. The number of benzene rings is 1. The van der Waals surface area contributed by atoms with E-state index in [-0.39, 0.29) is 28.0 Å². The summed E-state index contributed by atoms with van der Waals surface area (Å²) in [4.78, 5) is 14.9. The molecular weight excluding hydrogens is 430 g/mol. The van der Waals surface area contributed by atoms with Gasteiger partial charge in [-0.1, -0.05) is 13.8 Å². The lowest BCUT2D eigenvalue weighted by molar-refractivity contribution is 0.102. The van der Waals surface area contributed by atoms with Gasteiger partial charge in [0.2, 0.25) is 10.0 Å². The summed E-state index contributed by atoms with van der Waals surface area (Å²) in [7, 11) is 1.58. The highest BCUT2D eigenvalue weighted by Crippen LogP contribution is 2.32. The lowest BCUT2D eigenvalue weighted by Crippen LogP contribution is -2.42. The highest BCUT2D eigenvalue weighted by molar-refractivity contribution is 7.89. The molecule has 3 rings (SSSR count). The minimum Gasteiger partial charge on any atom is -0.495 e. The van der Waals surface area contributed by atoms with Gasteiger partial charge in [-0.15, -0.1) is 0 Å². The second-order valence-electron chi connectivity index (χ2n) is 8.88. The van der Waals surface area contributed by atoms with Crippen LogP contribution >= 0.6 is 0 Å². The zero-order valence-corrected chi connectivity index (χ0v) is 20.2. The molecule has 2 aromatic rings. The summed E-state index contributed by atoms with van der Waals surface area (Å²) >= 11 is 0. The van der Waals surface area contributed by atoms with E-state index in [4.69, 9.17) is 4.74 Å². The van der Waals surface area contributed by atoms with Crippen molar-refractivity contribution in [3.05, 3.63) is 36.2 Å². The molecule has 0 spiro atoms. The van der Waals surface area contributed by atoms with Crippen LogP contribution in [0.2, 0.25) is 0 Å². The summed E-state index contributed by atoms with van der Waals surface area (Å²) in [5.74, 6) is 0.366. The lowest BCUT2D eigenvalue weighted by Gasteiger charge is -2.34. The number of piperidine rings is 1. The van der Waals surface area contributed by atoms with E-state index in [1.807, 2.05) is 19.0 Å². The lowest BCUT2D eigenvalue weighted by atomic mass is 9.94. The number of aromatic nitrogens is 2. The van der Waals surface area contributed by atoms with Crippen molar-refractivity contribution in [2.45, 2.75) is 31.7 Å².